The Kier molecular flexibility index (Phi) is 4.90. The van der Waals surface area contributed by atoms with Gasteiger partial charge >= 0.3 is 11.5 Å². The fourth-order valence-electron chi connectivity index (χ4n) is 2.36. The Labute approximate surface area is 134 Å². The van der Waals surface area contributed by atoms with E-state index in [9.17, 15) is 14.9 Å². The molecule has 0 unspecified atom stereocenters. The Balaban J connectivity index is 2.13. The maximum absolute atomic E-state index is 12.2. The maximum atomic E-state index is 12.2. The number of nitrogens with zero attached hydrogens (tertiary/aromatic N) is 2. The van der Waals surface area contributed by atoms with Crippen molar-refractivity contribution in [3.05, 3.63) is 57.8 Å². The number of nitro groups is 1. The zero-order chi connectivity index (χ0) is 17.0. The average molecular weight is 315 g/mol. The number of pyridine rings is 1. The smallest absolute Gasteiger partial charge is 0.322 e. The van der Waals surface area contributed by atoms with Crippen molar-refractivity contribution in [2.45, 2.75) is 13.8 Å². The Hall–Kier alpha value is -2.96. The highest BCUT2D eigenvalue weighted by molar-refractivity contribution is 5.95. The molecule has 0 aliphatic rings. The predicted octanol–water partition coefficient (Wildman–Crippen LogP) is 2.10. The number of H-pyrrole nitrogens is 1. The summed E-state index contributed by atoms with van der Waals surface area (Å²) in [6, 6.07) is 8.71. The van der Waals surface area contributed by atoms with Crippen LogP contribution in [0.3, 0.4) is 0 Å². The van der Waals surface area contributed by atoms with Crippen LogP contribution in [-0.4, -0.2) is 24.4 Å². The zero-order valence-electron chi connectivity index (χ0n) is 13.3. The number of rotatable bonds is 5. The molecule has 1 amide bonds. The summed E-state index contributed by atoms with van der Waals surface area (Å²) in [4.78, 5) is 27.1. The first-order valence-corrected chi connectivity index (χ1v) is 7.12. The summed E-state index contributed by atoms with van der Waals surface area (Å²) >= 11 is 0. The van der Waals surface area contributed by atoms with Gasteiger partial charge in [0.15, 0.2) is 6.54 Å². The molecule has 0 saturated carbocycles. The predicted molar refractivity (Wildman–Crippen MR) is 87.5 cm³/mol. The average Bonchev–Trinajstić information content (AvgIpc) is 2.51. The van der Waals surface area contributed by atoms with Crippen LogP contribution in [0.2, 0.25) is 0 Å². The highest BCUT2D eigenvalue weighted by Crippen LogP contribution is 2.22. The SMILES string of the molecule is Cc1cccc(C)c1NC(=O)CN(C)c1[nH+]cccc1[N+](=O)[O-]. The van der Waals surface area contributed by atoms with Gasteiger partial charge in [0.25, 0.3) is 5.91 Å². The van der Waals surface area contributed by atoms with E-state index in [0.29, 0.717) is 0 Å². The van der Waals surface area contributed by atoms with Gasteiger partial charge in [0.2, 0.25) is 0 Å². The van der Waals surface area contributed by atoms with Crippen LogP contribution in [0.1, 0.15) is 11.1 Å². The third kappa shape index (κ3) is 3.82. The molecule has 1 aromatic heterocycles. The Bertz CT molecular complexity index is 726. The standard InChI is InChI=1S/C16H18N4O3/c1-11-6-4-7-12(2)15(11)18-14(21)10-19(3)16-13(20(22)23)8-5-9-17-16/h4-9H,10H2,1-3H3,(H,18,21)/p+1. The second-order valence-electron chi connectivity index (χ2n) is 5.33. The molecule has 0 spiro atoms. The number of hydrogen-bond donors (Lipinski definition) is 1. The van der Waals surface area contributed by atoms with Crippen LogP contribution in [0.5, 0.6) is 0 Å². The number of amides is 1. The minimum Gasteiger partial charge on any atom is -0.322 e. The molecule has 0 fully saturated rings. The molecule has 0 aliphatic carbocycles. The lowest BCUT2D eigenvalue weighted by Gasteiger charge is -2.14. The van der Waals surface area contributed by atoms with Gasteiger partial charge in [-0.1, -0.05) is 18.2 Å². The van der Waals surface area contributed by atoms with E-state index < -0.39 is 4.92 Å². The minimum absolute atomic E-state index is 0.00483. The summed E-state index contributed by atoms with van der Waals surface area (Å²) in [7, 11) is 1.63. The van der Waals surface area contributed by atoms with Gasteiger partial charge in [-0.3, -0.25) is 14.9 Å². The first kappa shape index (κ1) is 16.4. The first-order chi connectivity index (χ1) is 10.9. The van der Waals surface area contributed by atoms with Gasteiger partial charge in [0, 0.05) is 11.8 Å². The van der Waals surface area contributed by atoms with Gasteiger partial charge in [-0.25, -0.2) is 9.88 Å². The minimum atomic E-state index is -0.480. The van der Waals surface area contributed by atoms with E-state index in [-0.39, 0.29) is 24.0 Å². The van der Waals surface area contributed by atoms with E-state index in [0.717, 1.165) is 16.8 Å². The molecule has 23 heavy (non-hydrogen) atoms. The van der Waals surface area contributed by atoms with Gasteiger partial charge in [-0.2, -0.15) is 0 Å². The highest BCUT2D eigenvalue weighted by atomic mass is 16.6. The van der Waals surface area contributed by atoms with Gasteiger partial charge in [-0.15, -0.1) is 0 Å². The van der Waals surface area contributed by atoms with Crippen molar-refractivity contribution in [3.8, 4) is 0 Å². The molecule has 0 radical (unpaired) electrons. The molecule has 0 saturated heterocycles. The van der Waals surface area contributed by atoms with Crippen molar-refractivity contribution in [1.82, 2.24) is 0 Å². The molecule has 2 N–H and O–H groups in total. The molecule has 0 bridgehead atoms. The van der Waals surface area contributed by atoms with Crippen molar-refractivity contribution in [2.75, 3.05) is 23.8 Å². The largest absolute Gasteiger partial charge is 0.357 e. The number of aromatic amines is 1. The fraction of sp³-hybridized carbons (Fsp3) is 0.250. The van der Waals surface area contributed by atoms with Crippen LogP contribution in [0.15, 0.2) is 36.5 Å². The van der Waals surface area contributed by atoms with Crippen molar-refractivity contribution < 1.29 is 14.7 Å². The summed E-state index contributed by atoms with van der Waals surface area (Å²) in [5.41, 5.74) is 2.64. The van der Waals surface area contributed by atoms with E-state index >= 15 is 0 Å². The number of para-hydroxylation sites is 1. The van der Waals surface area contributed by atoms with Crippen LogP contribution in [0.4, 0.5) is 17.2 Å². The van der Waals surface area contributed by atoms with Crippen molar-refractivity contribution in [2.24, 2.45) is 0 Å². The maximum Gasteiger partial charge on any atom is 0.357 e. The molecule has 120 valence electrons. The van der Waals surface area contributed by atoms with Crippen LogP contribution in [0.25, 0.3) is 0 Å². The lowest BCUT2D eigenvalue weighted by Crippen LogP contribution is -2.34. The molecule has 0 atom stereocenters. The lowest BCUT2D eigenvalue weighted by molar-refractivity contribution is -0.411. The topological polar surface area (TPSA) is 89.6 Å². The van der Waals surface area contributed by atoms with Crippen molar-refractivity contribution in [1.29, 1.82) is 0 Å². The normalized spacial score (nSPS) is 10.2. The summed E-state index contributed by atoms with van der Waals surface area (Å²) in [6.07, 6.45) is 1.59. The Morgan fingerprint density at radius 1 is 1.26 bits per heavy atom. The van der Waals surface area contributed by atoms with E-state index in [4.69, 9.17) is 0 Å². The third-order valence-electron chi connectivity index (χ3n) is 3.52. The van der Waals surface area contributed by atoms with E-state index in [1.54, 1.807) is 19.3 Å². The Morgan fingerprint density at radius 3 is 2.52 bits per heavy atom. The number of aromatic nitrogens is 1. The number of anilines is 2. The number of aryl methyl sites for hydroxylation is 2. The Morgan fingerprint density at radius 2 is 1.91 bits per heavy atom. The molecular weight excluding hydrogens is 296 g/mol. The molecule has 2 aromatic rings. The molecule has 2 rings (SSSR count). The number of carbonyl (C=O) groups excluding carboxylic acids is 1. The third-order valence-corrected chi connectivity index (χ3v) is 3.52. The number of carbonyl (C=O) groups is 1. The van der Waals surface area contributed by atoms with Crippen molar-refractivity contribution >= 4 is 23.1 Å². The summed E-state index contributed by atoms with van der Waals surface area (Å²) in [5, 5.41) is 13.9. The molecule has 1 aromatic carbocycles. The fourth-order valence-corrected chi connectivity index (χ4v) is 2.36. The van der Waals surface area contributed by atoms with Crippen LogP contribution in [-0.2, 0) is 4.79 Å². The van der Waals surface area contributed by atoms with Crippen LogP contribution < -0.4 is 15.2 Å². The van der Waals surface area contributed by atoms with Crippen LogP contribution >= 0.6 is 0 Å². The van der Waals surface area contributed by atoms with Gasteiger partial charge in [0.05, 0.1) is 18.2 Å². The molecule has 1 heterocycles. The molecular formula is C16H19N4O3+. The number of benzene rings is 1. The number of likely N-dealkylation sites (N-methyl/N-ethyl adjacent to an activating group) is 1. The monoisotopic (exact) mass is 315 g/mol. The summed E-state index contributed by atoms with van der Waals surface area (Å²) < 4.78 is 0. The summed E-state index contributed by atoms with van der Waals surface area (Å²) in [5.74, 6) is 0.0469. The van der Waals surface area contributed by atoms with E-state index in [1.165, 1.54) is 11.0 Å². The highest BCUT2D eigenvalue weighted by Gasteiger charge is 2.26. The van der Waals surface area contributed by atoms with E-state index in [2.05, 4.69) is 10.3 Å². The van der Waals surface area contributed by atoms with Gasteiger partial charge < -0.3 is 5.32 Å². The van der Waals surface area contributed by atoms with Gasteiger partial charge in [0.1, 0.15) is 0 Å². The quantitative estimate of drug-likeness (QED) is 0.676. The molecule has 7 nitrogen and oxygen atoms in total. The second-order valence-corrected chi connectivity index (χ2v) is 5.33. The lowest BCUT2D eigenvalue weighted by atomic mass is 10.1. The zero-order valence-corrected chi connectivity index (χ0v) is 13.3. The summed E-state index contributed by atoms with van der Waals surface area (Å²) in [6.45, 7) is 3.83. The number of hydrogen-bond acceptors (Lipinski definition) is 4. The second kappa shape index (κ2) is 6.87. The number of nitrogens with one attached hydrogen (secondary N) is 2. The van der Waals surface area contributed by atoms with Crippen molar-refractivity contribution in [3.63, 3.8) is 0 Å². The molecule has 7 heteroatoms. The van der Waals surface area contributed by atoms with Gasteiger partial charge in [-0.05, 0) is 31.0 Å². The van der Waals surface area contributed by atoms with Crippen LogP contribution in [0, 0.1) is 24.0 Å². The first-order valence-electron chi connectivity index (χ1n) is 7.12. The van der Waals surface area contributed by atoms with E-state index in [1.807, 2.05) is 32.0 Å². The molecule has 0 aliphatic heterocycles.